The van der Waals surface area contributed by atoms with Gasteiger partial charge in [-0.1, -0.05) is 6.08 Å². The first-order chi connectivity index (χ1) is 12.1. The molecule has 0 aromatic carbocycles. The zero-order valence-electron chi connectivity index (χ0n) is 14.3. The molecule has 2 aromatic rings. The number of carbonyl (C=O) groups excluding carboxylic acids is 2. The van der Waals surface area contributed by atoms with Crippen LogP contribution in [-0.4, -0.2) is 28.0 Å². The van der Waals surface area contributed by atoms with Crippen LogP contribution in [0.1, 0.15) is 41.9 Å². The molecule has 0 spiro atoms. The lowest BCUT2D eigenvalue weighted by atomic mass is 10.0. The highest BCUT2D eigenvalue weighted by Gasteiger charge is 2.22. The summed E-state index contributed by atoms with van der Waals surface area (Å²) in [5.74, 6) is -0.0443. The molecule has 0 unspecified atom stereocenters. The molecule has 0 saturated heterocycles. The average Bonchev–Trinajstić information content (AvgIpc) is 3.29. The van der Waals surface area contributed by atoms with Crippen LogP contribution in [0.15, 0.2) is 52.9 Å². The lowest BCUT2D eigenvalue weighted by Gasteiger charge is -2.26. The van der Waals surface area contributed by atoms with Crippen LogP contribution in [0.4, 0.5) is 0 Å². The Bertz CT molecular complexity index is 758. The Balaban J connectivity index is 1.67. The summed E-state index contributed by atoms with van der Waals surface area (Å²) in [4.78, 5) is 26.5. The van der Waals surface area contributed by atoms with Gasteiger partial charge in [-0.15, -0.1) is 0 Å². The summed E-state index contributed by atoms with van der Waals surface area (Å²) in [6.07, 6.45) is 9.42. The van der Waals surface area contributed by atoms with Crippen LogP contribution >= 0.6 is 0 Å². The molecule has 3 rings (SSSR count). The van der Waals surface area contributed by atoms with Crippen molar-refractivity contribution in [2.45, 2.75) is 32.2 Å². The Morgan fingerprint density at radius 1 is 1.28 bits per heavy atom. The first kappa shape index (κ1) is 17.1. The van der Waals surface area contributed by atoms with E-state index in [1.807, 2.05) is 6.07 Å². The Hall–Kier alpha value is -2.76. The number of aryl methyl sites for hydroxylation is 1. The van der Waals surface area contributed by atoms with Crippen molar-refractivity contribution < 1.29 is 18.7 Å². The number of nitrogens with zero attached hydrogens (tertiary/aromatic N) is 2. The van der Waals surface area contributed by atoms with Crippen molar-refractivity contribution in [3.05, 3.63) is 60.0 Å². The Labute approximate surface area is 146 Å². The van der Waals surface area contributed by atoms with Gasteiger partial charge in [0.05, 0.1) is 12.8 Å². The van der Waals surface area contributed by atoms with Crippen LogP contribution in [0, 0.1) is 0 Å². The number of hydrogen-bond donors (Lipinski definition) is 0. The number of amides is 1. The molecule has 0 fully saturated rings. The standard InChI is InChI=1S/C19H22N2O4/c1-20-11-5-10-17(20)19(23)25-14-18(22)21(13-16-9-6-12-24-16)15-7-3-2-4-8-15/h5-7,9-12H,2-4,8,13-14H2,1H3. The monoisotopic (exact) mass is 342 g/mol. The number of hydrogen-bond acceptors (Lipinski definition) is 4. The molecule has 2 aromatic heterocycles. The van der Waals surface area contributed by atoms with Crippen LogP contribution in [0.3, 0.4) is 0 Å². The summed E-state index contributed by atoms with van der Waals surface area (Å²) in [5.41, 5.74) is 1.39. The van der Waals surface area contributed by atoms with Gasteiger partial charge in [0.25, 0.3) is 5.91 Å². The minimum atomic E-state index is -0.503. The molecule has 1 aliphatic rings. The van der Waals surface area contributed by atoms with Gasteiger partial charge < -0.3 is 18.6 Å². The number of esters is 1. The second-order valence-corrected chi connectivity index (χ2v) is 6.08. The first-order valence-electron chi connectivity index (χ1n) is 8.45. The van der Waals surface area contributed by atoms with E-state index < -0.39 is 5.97 Å². The summed E-state index contributed by atoms with van der Waals surface area (Å²) in [5, 5.41) is 0. The lowest BCUT2D eigenvalue weighted by molar-refractivity contribution is -0.133. The maximum atomic E-state index is 12.7. The zero-order valence-corrected chi connectivity index (χ0v) is 14.3. The van der Waals surface area contributed by atoms with E-state index in [1.54, 1.807) is 47.2 Å². The van der Waals surface area contributed by atoms with Crippen LogP contribution in [-0.2, 0) is 23.1 Å². The van der Waals surface area contributed by atoms with Crippen molar-refractivity contribution in [3.8, 4) is 0 Å². The second-order valence-electron chi connectivity index (χ2n) is 6.08. The first-order valence-corrected chi connectivity index (χ1v) is 8.45. The van der Waals surface area contributed by atoms with Crippen molar-refractivity contribution in [2.24, 2.45) is 7.05 Å². The summed E-state index contributed by atoms with van der Waals surface area (Å²) in [7, 11) is 1.76. The van der Waals surface area contributed by atoms with Crippen molar-refractivity contribution >= 4 is 11.9 Å². The van der Waals surface area contributed by atoms with Crippen LogP contribution in [0.2, 0.25) is 0 Å². The van der Waals surface area contributed by atoms with E-state index in [4.69, 9.17) is 9.15 Å². The number of ether oxygens (including phenoxy) is 1. The number of allylic oxidation sites excluding steroid dienone is 2. The van der Waals surface area contributed by atoms with E-state index in [2.05, 4.69) is 6.08 Å². The quantitative estimate of drug-likeness (QED) is 0.756. The molecule has 0 radical (unpaired) electrons. The third-order valence-corrected chi connectivity index (χ3v) is 4.29. The van der Waals surface area contributed by atoms with E-state index in [9.17, 15) is 9.59 Å². The van der Waals surface area contributed by atoms with Gasteiger partial charge in [0.2, 0.25) is 0 Å². The molecule has 6 heteroatoms. The van der Waals surface area contributed by atoms with Crippen molar-refractivity contribution in [3.63, 3.8) is 0 Å². The maximum Gasteiger partial charge on any atom is 0.355 e. The fraction of sp³-hybridized carbons (Fsp3) is 0.368. The summed E-state index contributed by atoms with van der Waals surface area (Å²) >= 11 is 0. The molecule has 1 amide bonds. The van der Waals surface area contributed by atoms with Gasteiger partial charge in [0.15, 0.2) is 6.61 Å². The van der Waals surface area contributed by atoms with E-state index in [-0.39, 0.29) is 12.5 Å². The zero-order chi connectivity index (χ0) is 17.6. The molecule has 2 heterocycles. The highest BCUT2D eigenvalue weighted by atomic mass is 16.5. The van der Waals surface area contributed by atoms with Crippen molar-refractivity contribution in [1.29, 1.82) is 0 Å². The van der Waals surface area contributed by atoms with E-state index >= 15 is 0 Å². The smallest absolute Gasteiger partial charge is 0.355 e. The molecule has 0 aliphatic heterocycles. The predicted octanol–water partition coefficient (Wildman–Crippen LogP) is 3.26. The summed E-state index contributed by atoms with van der Waals surface area (Å²) in [6.45, 7) is 0.0570. The van der Waals surface area contributed by atoms with Gasteiger partial charge in [-0.25, -0.2) is 4.79 Å². The summed E-state index contributed by atoms with van der Waals surface area (Å²) < 4.78 is 12.2. The van der Waals surface area contributed by atoms with Gasteiger partial charge in [0, 0.05) is 18.9 Å². The van der Waals surface area contributed by atoms with E-state index in [0.717, 1.165) is 31.4 Å². The number of furan rings is 1. The van der Waals surface area contributed by atoms with Gasteiger partial charge in [-0.05, 0) is 49.9 Å². The molecule has 132 valence electrons. The molecular formula is C19H22N2O4. The lowest BCUT2D eigenvalue weighted by Crippen LogP contribution is -2.34. The molecule has 6 nitrogen and oxygen atoms in total. The summed E-state index contributed by atoms with van der Waals surface area (Å²) in [6, 6.07) is 7.05. The SMILES string of the molecule is Cn1cccc1C(=O)OCC(=O)N(Cc1ccco1)C1=CCCCC1. The molecule has 0 atom stereocenters. The highest BCUT2D eigenvalue weighted by molar-refractivity contribution is 5.90. The van der Waals surface area contributed by atoms with E-state index in [0.29, 0.717) is 18.0 Å². The molecule has 0 saturated carbocycles. The predicted molar refractivity (Wildman–Crippen MR) is 91.5 cm³/mol. The largest absolute Gasteiger partial charge is 0.467 e. The number of rotatable bonds is 6. The molecule has 0 bridgehead atoms. The average molecular weight is 342 g/mol. The Morgan fingerprint density at radius 2 is 2.16 bits per heavy atom. The molecule has 1 aliphatic carbocycles. The second kappa shape index (κ2) is 7.88. The normalized spacial score (nSPS) is 14.0. The van der Waals surface area contributed by atoms with Crippen molar-refractivity contribution in [2.75, 3.05) is 6.61 Å². The topological polar surface area (TPSA) is 64.7 Å². The van der Waals surface area contributed by atoms with E-state index in [1.165, 1.54) is 0 Å². The third-order valence-electron chi connectivity index (χ3n) is 4.29. The van der Waals surface area contributed by atoms with Gasteiger partial charge in [-0.2, -0.15) is 0 Å². The minimum absolute atomic E-state index is 0.243. The Morgan fingerprint density at radius 3 is 2.80 bits per heavy atom. The molecular weight excluding hydrogens is 320 g/mol. The fourth-order valence-electron chi connectivity index (χ4n) is 2.93. The highest BCUT2D eigenvalue weighted by Crippen LogP contribution is 2.23. The molecule has 0 N–H and O–H groups in total. The van der Waals surface area contributed by atoms with Crippen LogP contribution < -0.4 is 0 Å². The number of aromatic nitrogens is 1. The van der Waals surface area contributed by atoms with Crippen LogP contribution in [0.25, 0.3) is 0 Å². The van der Waals surface area contributed by atoms with Gasteiger partial charge in [0.1, 0.15) is 11.5 Å². The van der Waals surface area contributed by atoms with Crippen LogP contribution in [0.5, 0.6) is 0 Å². The van der Waals surface area contributed by atoms with Crippen molar-refractivity contribution in [1.82, 2.24) is 9.47 Å². The fourth-order valence-corrected chi connectivity index (χ4v) is 2.93. The Kier molecular flexibility index (Phi) is 5.38. The number of carbonyl (C=O) groups is 2. The molecule has 25 heavy (non-hydrogen) atoms. The van der Waals surface area contributed by atoms with Gasteiger partial charge >= 0.3 is 5.97 Å². The third kappa shape index (κ3) is 4.21. The van der Waals surface area contributed by atoms with Gasteiger partial charge in [-0.3, -0.25) is 4.79 Å². The minimum Gasteiger partial charge on any atom is -0.467 e. The maximum absolute atomic E-state index is 12.7.